The van der Waals surface area contributed by atoms with Crippen LogP contribution in [0.2, 0.25) is 0 Å². The van der Waals surface area contributed by atoms with E-state index >= 15 is 0 Å². The van der Waals surface area contributed by atoms with Gasteiger partial charge >= 0.3 is 17.9 Å². The van der Waals surface area contributed by atoms with E-state index in [9.17, 15) is 14.4 Å². The molecule has 0 spiro atoms. The first kappa shape index (κ1) is 78.1. The maximum absolute atomic E-state index is 12.9. The van der Waals surface area contributed by atoms with Crippen molar-refractivity contribution in [3.05, 3.63) is 109 Å². The predicted molar refractivity (Wildman–Crippen MR) is 357 cm³/mol. The Morgan fingerprint density at radius 3 is 0.744 bits per heavy atom. The standard InChI is InChI=1S/C76H130O6/c1-4-7-10-13-16-19-22-25-28-31-32-33-34-35-36-37-38-39-40-41-42-43-44-46-48-51-54-57-60-63-66-69-75(78)81-72-73(71-80-74(77)68-65-62-59-56-53-50-47-30-27-24-21-18-15-12-9-6-3)82-76(79)70-67-64-61-58-55-52-49-45-29-26-23-20-17-14-11-8-5-2/h7-8,10-11,16-17,19-20,25-26,28-29,32-33,35-36,38-39,73H,4-6,9,12-15,18,21-24,27,30-31,34,37,40-72H2,1-3H3/b10-7-,11-8-,19-16-,20-17-,28-25-,29-26-,33-32-,36-35-,39-38-. The van der Waals surface area contributed by atoms with E-state index in [0.29, 0.717) is 19.3 Å². The van der Waals surface area contributed by atoms with Crippen molar-refractivity contribution < 1.29 is 28.6 Å². The van der Waals surface area contributed by atoms with Gasteiger partial charge in [-0.05, 0) is 103 Å². The van der Waals surface area contributed by atoms with Gasteiger partial charge in [-0.3, -0.25) is 14.4 Å². The molecule has 82 heavy (non-hydrogen) atoms. The number of hydrogen-bond acceptors (Lipinski definition) is 6. The van der Waals surface area contributed by atoms with Crippen molar-refractivity contribution in [3.8, 4) is 0 Å². The van der Waals surface area contributed by atoms with Crippen LogP contribution in [0.3, 0.4) is 0 Å². The number of rotatable bonds is 63. The second-order valence-electron chi connectivity index (χ2n) is 23.0. The second-order valence-corrected chi connectivity index (χ2v) is 23.0. The van der Waals surface area contributed by atoms with E-state index in [1.807, 2.05) is 0 Å². The lowest BCUT2D eigenvalue weighted by molar-refractivity contribution is -0.167. The number of allylic oxidation sites excluding steroid dienone is 18. The number of esters is 3. The van der Waals surface area contributed by atoms with Crippen molar-refractivity contribution in [1.29, 1.82) is 0 Å². The van der Waals surface area contributed by atoms with Crippen molar-refractivity contribution in [2.24, 2.45) is 0 Å². The first-order chi connectivity index (χ1) is 40.5. The highest BCUT2D eigenvalue weighted by Crippen LogP contribution is 2.17. The van der Waals surface area contributed by atoms with E-state index in [2.05, 4.69) is 130 Å². The SMILES string of the molecule is CC/C=C\C/C=C\C/C=C\C/C=C\C/C=C\C/C=C\CCCCCCCCCCCCCCC(=O)OCC(COC(=O)CCCCCCCCCCCCCCCCCC)OC(=O)CCCCCCCCC/C=C\C/C=C\C/C=C\CC. The molecule has 0 amide bonds. The average molecular weight is 1140 g/mol. The monoisotopic (exact) mass is 1140 g/mol. The fourth-order valence-corrected chi connectivity index (χ4v) is 9.88. The summed E-state index contributed by atoms with van der Waals surface area (Å²) in [4.78, 5) is 38.4. The highest BCUT2D eigenvalue weighted by Gasteiger charge is 2.19. The van der Waals surface area contributed by atoms with Gasteiger partial charge in [0, 0.05) is 19.3 Å². The molecule has 0 aliphatic rings. The molecule has 0 aromatic rings. The minimum Gasteiger partial charge on any atom is -0.462 e. The lowest BCUT2D eigenvalue weighted by Gasteiger charge is -2.18. The molecule has 6 nitrogen and oxygen atoms in total. The number of unbranched alkanes of at least 4 members (excludes halogenated alkanes) is 34. The lowest BCUT2D eigenvalue weighted by Crippen LogP contribution is -2.30. The Kier molecular flexibility index (Phi) is 66.2. The van der Waals surface area contributed by atoms with Crippen LogP contribution >= 0.6 is 0 Å². The fraction of sp³-hybridized carbons (Fsp3) is 0.724. The second kappa shape index (κ2) is 69.6. The molecular weight excluding hydrogens is 1010 g/mol. The normalized spacial score (nSPS) is 12.8. The average Bonchev–Trinajstić information content (AvgIpc) is 3.48. The van der Waals surface area contributed by atoms with Crippen LogP contribution in [0.4, 0.5) is 0 Å². The quantitative estimate of drug-likeness (QED) is 0.0261. The van der Waals surface area contributed by atoms with Crippen molar-refractivity contribution in [1.82, 2.24) is 0 Å². The molecule has 0 aliphatic carbocycles. The Bertz CT molecular complexity index is 1640. The summed E-state index contributed by atoms with van der Waals surface area (Å²) in [5.74, 6) is -0.876. The first-order valence-corrected chi connectivity index (χ1v) is 34.9. The molecule has 0 N–H and O–H groups in total. The van der Waals surface area contributed by atoms with Gasteiger partial charge in [0.25, 0.3) is 0 Å². The number of carbonyl (C=O) groups is 3. The summed E-state index contributed by atoms with van der Waals surface area (Å²) in [5.41, 5.74) is 0. The summed E-state index contributed by atoms with van der Waals surface area (Å²) in [5, 5.41) is 0. The molecule has 0 aromatic heterocycles. The van der Waals surface area contributed by atoms with Crippen LogP contribution in [0.15, 0.2) is 109 Å². The molecular formula is C76H130O6. The summed E-state index contributed by atoms with van der Waals surface area (Å²) >= 11 is 0. The van der Waals surface area contributed by atoms with E-state index in [1.165, 1.54) is 173 Å². The molecule has 0 bridgehead atoms. The summed E-state index contributed by atoms with van der Waals surface area (Å²) in [7, 11) is 0. The zero-order chi connectivity index (χ0) is 59.2. The van der Waals surface area contributed by atoms with Crippen LogP contribution < -0.4 is 0 Å². The van der Waals surface area contributed by atoms with Gasteiger partial charge < -0.3 is 14.2 Å². The summed E-state index contributed by atoms with van der Waals surface area (Å²) in [6.45, 7) is 6.45. The van der Waals surface area contributed by atoms with Crippen LogP contribution in [0, 0.1) is 0 Å². The predicted octanol–water partition coefficient (Wildman–Crippen LogP) is 24.2. The zero-order valence-corrected chi connectivity index (χ0v) is 54.0. The number of hydrogen-bond donors (Lipinski definition) is 0. The highest BCUT2D eigenvalue weighted by molar-refractivity contribution is 5.71. The lowest BCUT2D eigenvalue weighted by atomic mass is 10.0. The molecule has 0 rings (SSSR count). The van der Waals surface area contributed by atoms with Crippen molar-refractivity contribution in [3.63, 3.8) is 0 Å². The van der Waals surface area contributed by atoms with Gasteiger partial charge in [-0.1, -0.05) is 323 Å². The van der Waals surface area contributed by atoms with E-state index in [4.69, 9.17) is 14.2 Å². The Hall–Kier alpha value is -3.93. The van der Waals surface area contributed by atoms with Gasteiger partial charge in [-0.25, -0.2) is 0 Å². The van der Waals surface area contributed by atoms with Gasteiger partial charge in [-0.2, -0.15) is 0 Å². The summed E-state index contributed by atoms with van der Waals surface area (Å²) in [6, 6.07) is 0. The summed E-state index contributed by atoms with van der Waals surface area (Å²) in [6.07, 6.45) is 95.4. The molecule has 470 valence electrons. The third-order valence-electron chi connectivity index (χ3n) is 15.0. The van der Waals surface area contributed by atoms with Crippen molar-refractivity contribution >= 4 is 17.9 Å². The third-order valence-corrected chi connectivity index (χ3v) is 15.0. The Balaban J connectivity index is 4.28. The van der Waals surface area contributed by atoms with Gasteiger partial charge in [-0.15, -0.1) is 0 Å². The summed E-state index contributed by atoms with van der Waals surface area (Å²) < 4.78 is 17.0. The third kappa shape index (κ3) is 66.9. The van der Waals surface area contributed by atoms with Crippen LogP contribution in [0.25, 0.3) is 0 Å². The highest BCUT2D eigenvalue weighted by atomic mass is 16.6. The molecule has 6 heteroatoms. The number of ether oxygens (including phenoxy) is 3. The Labute approximate surface area is 508 Å². The van der Waals surface area contributed by atoms with Gasteiger partial charge in [0.15, 0.2) is 6.10 Å². The van der Waals surface area contributed by atoms with Gasteiger partial charge in [0.1, 0.15) is 13.2 Å². The Morgan fingerprint density at radius 2 is 0.476 bits per heavy atom. The van der Waals surface area contributed by atoms with E-state index in [-0.39, 0.29) is 31.1 Å². The number of carbonyl (C=O) groups excluding carboxylic acids is 3. The minimum absolute atomic E-state index is 0.0791. The van der Waals surface area contributed by atoms with Crippen molar-refractivity contribution in [2.75, 3.05) is 13.2 Å². The molecule has 0 fully saturated rings. The largest absolute Gasteiger partial charge is 0.462 e. The molecule has 0 saturated carbocycles. The molecule has 1 atom stereocenters. The van der Waals surface area contributed by atoms with Crippen LogP contribution in [-0.4, -0.2) is 37.2 Å². The molecule has 0 aromatic carbocycles. The molecule has 0 aliphatic heterocycles. The zero-order valence-electron chi connectivity index (χ0n) is 54.0. The maximum atomic E-state index is 12.9. The van der Waals surface area contributed by atoms with E-state index in [1.54, 1.807) is 0 Å². The maximum Gasteiger partial charge on any atom is 0.306 e. The molecule has 1 unspecified atom stereocenters. The van der Waals surface area contributed by atoms with Crippen molar-refractivity contribution in [2.45, 2.75) is 341 Å². The van der Waals surface area contributed by atoms with E-state index in [0.717, 1.165) is 122 Å². The first-order valence-electron chi connectivity index (χ1n) is 34.9. The molecule has 0 saturated heterocycles. The fourth-order valence-electron chi connectivity index (χ4n) is 9.88. The van der Waals surface area contributed by atoms with Gasteiger partial charge in [0.05, 0.1) is 0 Å². The molecule has 0 radical (unpaired) electrons. The Morgan fingerprint density at radius 1 is 0.256 bits per heavy atom. The molecule has 0 heterocycles. The topological polar surface area (TPSA) is 78.9 Å². The minimum atomic E-state index is -0.785. The van der Waals surface area contributed by atoms with Crippen LogP contribution in [-0.2, 0) is 28.6 Å². The van der Waals surface area contributed by atoms with E-state index < -0.39 is 6.10 Å². The smallest absolute Gasteiger partial charge is 0.306 e. The van der Waals surface area contributed by atoms with Crippen LogP contribution in [0.5, 0.6) is 0 Å². The van der Waals surface area contributed by atoms with Gasteiger partial charge in [0.2, 0.25) is 0 Å². The van der Waals surface area contributed by atoms with Crippen LogP contribution in [0.1, 0.15) is 335 Å².